The van der Waals surface area contributed by atoms with Gasteiger partial charge in [0.15, 0.2) is 0 Å². The Balaban J connectivity index is 1.48. The van der Waals surface area contributed by atoms with Crippen LogP contribution in [0.4, 0.5) is 0 Å². The number of carboxylic acids is 1. The quantitative estimate of drug-likeness (QED) is 0.175. The van der Waals surface area contributed by atoms with E-state index in [2.05, 4.69) is 30.9 Å². The Bertz CT molecular complexity index is 548. The van der Waals surface area contributed by atoms with Gasteiger partial charge in [-0.1, -0.05) is 56.6 Å². The molecule has 5 nitrogen and oxygen atoms in total. The van der Waals surface area contributed by atoms with Crippen LogP contribution in [0.2, 0.25) is 0 Å². The molecule has 2 fully saturated rings. The first-order chi connectivity index (χ1) is 14.6. The Morgan fingerprint density at radius 3 is 2.40 bits per heavy atom. The molecule has 2 aliphatic heterocycles. The molecule has 0 bridgehead atoms. The first-order valence-corrected chi connectivity index (χ1v) is 11.7. The summed E-state index contributed by atoms with van der Waals surface area (Å²) in [7, 11) is 0. The third-order valence-electron chi connectivity index (χ3n) is 6.09. The van der Waals surface area contributed by atoms with Crippen molar-refractivity contribution < 1.29 is 24.4 Å². The minimum Gasteiger partial charge on any atom is -0.550 e. The molecule has 5 unspecified atom stereocenters. The molecule has 0 N–H and O–H groups in total. The standard InChI is InChI=1S/C25H40O5/c1-3-4-5-6-7-8-9-10-11-12-13-14-15-21-16-17-23(28-21)24-19-18-22(29-30-24)20(2)25(26)27/h3,6-9,20-24H,1,4-5,10-19H2,2H3,(H,26,27)/p-1. The van der Waals surface area contributed by atoms with Gasteiger partial charge in [-0.15, -0.1) is 6.58 Å². The number of carbonyl (C=O) groups is 1. The molecule has 2 aliphatic rings. The fourth-order valence-electron chi connectivity index (χ4n) is 4.07. The summed E-state index contributed by atoms with van der Waals surface area (Å²) in [5.74, 6) is -1.75. The van der Waals surface area contributed by atoms with E-state index in [0.29, 0.717) is 12.5 Å². The highest BCUT2D eigenvalue weighted by atomic mass is 17.2. The Hall–Kier alpha value is -1.43. The van der Waals surface area contributed by atoms with Crippen molar-refractivity contribution in [1.29, 1.82) is 0 Å². The van der Waals surface area contributed by atoms with E-state index in [0.717, 1.165) is 44.9 Å². The number of allylic oxidation sites excluding steroid dienone is 5. The van der Waals surface area contributed by atoms with Gasteiger partial charge in [0.1, 0.15) is 12.2 Å². The lowest BCUT2D eigenvalue weighted by Gasteiger charge is -2.34. The molecule has 0 saturated carbocycles. The Kier molecular flexibility index (Phi) is 12.0. The van der Waals surface area contributed by atoms with E-state index in [4.69, 9.17) is 14.5 Å². The summed E-state index contributed by atoms with van der Waals surface area (Å²) in [6.07, 6.45) is 23.4. The number of rotatable bonds is 14. The summed E-state index contributed by atoms with van der Waals surface area (Å²) in [5.41, 5.74) is 0. The summed E-state index contributed by atoms with van der Waals surface area (Å²) in [4.78, 5) is 21.8. The highest BCUT2D eigenvalue weighted by molar-refractivity contribution is 5.67. The molecule has 0 aliphatic carbocycles. The molecule has 0 aromatic carbocycles. The van der Waals surface area contributed by atoms with Gasteiger partial charge in [-0.25, -0.2) is 9.78 Å². The van der Waals surface area contributed by atoms with Crippen molar-refractivity contribution >= 4 is 5.97 Å². The third kappa shape index (κ3) is 9.15. The Morgan fingerprint density at radius 2 is 1.70 bits per heavy atom. The molecule has 2 saturated heterocycles. The molecule has 0 aromatic rings. The fourth-order valence-corrected chi connectivity index (χ4v) is 4.07. The summed E-state index contributed by atoms with van der Waals surface area (Å²) >= 11 is 0. The number of hydrogen-bond donors (Lipinski definition) is 0. The van der Waals surface area contributed by atoms with E-state index < -0.39 is 18.0 Å². The predicted octanol–water partition coefficient (Wildman–Crippen LogP) is 4.82. The van der Waals surface area contributed by atoms with Gasteiger partial charge in [0.05, 0.1) is 12.2 Å². The maximum Gasteiger partial charge on any atom is 0.119 e. The van der Waals surface area contributed by atoms with Crippen LogP contribution in [-0.2, 0) is 19.3 Å². The molecular weight excluding hydrogens is 380 g/mol. The monoisotopic (exact) mass is 419 g/mol. The minimum atomic E-state index is -1.09. The van der Waals surface area contributed by atoms with Gasteiger partial charge in [0.25, 0.3) is 0 Å². The van der Waals surface area contributed by atoms with E-state index >= 15 is 0 Å². The molecule has 170 valence electrons. The molecular formula is C25H39O5-. The largest absolute Gasteiger partial charge is 0.550 e. The second-order valence-electron chi connectivity index (χ2n) is 8.54. The van der Waals surface area contributed by atoms with E-state index in [-0.39, 0.29) is 12.2 Å². The summed E-state index contributed by atoms with van der Waals surface area (Å²) in [6, 6.07) is 0. The van der Waals surface area contributed by atoms with Gasteiger partial charge >= 0.3 is 0 Å². The van der Waals surface area contributed by atoms with Crippen LogP contribution in [0.5, 0.6) is 0 Å². The van der Waals surface area contributed by atoms with Gasteiger partial charge < -0.3 is 14.6 Å². The zero-order valence-electron chi connectivity index (χ0n) is 18.5. The first-order valence-electron chi connectivity index (χ1n) is 11.7. The van der Waals surface area contributed by atoms with Crippen LogP contribution < -0.4 is 5.11 Å². The molecule has 5 heteroatoms. The van der Waals surface area contributed by atoms with Crippen molar-refractivity contribution in [3.05, 3.63) is 37.0 Å². The van der Waals surface area contributed by atoms with Crippen LogP contribution in [0.25, 0.3) is 0 Å². The minimum absolute atomic E-state index is 0.0684. The van der Waals surface area contributed by atoms with Crippen molar-refractivity contribution in [3.8, 4) is 0 Å². The average Bonchev–Trinajstić information content (AvgIpc) is 3.23. The number of carboxylic acid groups (broad SMARTS) is 1. The lowest BCUT2D eigenvalue weighted by atomic mass is 9.96. The summed E-state index contributed by atoms with van der Waals surface area (Å²) in [6.45, 7) is 5.32. The van der Waals surface area contributed by atoms with E-state index in [1.54, 1.807) is 6.92 Å². The number of carbonyl (C=O) groups excluding carboxylic acids is 1. The zero-order chi connectivity index (χ0) is 21.6. The summed E-state index contributed by atoms with van der Waals surface area (Å²) in [5, 5.41) is 11.0. The van der Waals surface area contributed by atoms with Crippen molar-refractivity contribution in [2.45, 2.75) is 108 Å². The second kappa shape index (κ2) is 14.6. The lowest BCUT2D eigenvalue weighted by Crippen LogP contribution is -2.43. The second-order valence-corrected chi connectivity index (χ2v) is 8.54. The van der Waals surface area contributed by atoms with Crippen molar-refractivity contribution in [1.82, 2.24) is 0 Å². The number of unbranched alkanes of at least 4 members (excludes halogenated alkanes) is 5. The van der Waals surface area contributed by atoms with Crippen molar-refractivity contribution in [2.24, 2.45) is 5.92 Å². The Labute approximate surface area is 182 Å². The van der Waals surface area contributed by atoms with Gasteiger partial charge in [-0.2, -0.15) is 0 Å². The van der Waals surface area contributed by atoms with Gasteiger partial charge in [0, 0.05) is 11.9 Å². The highest BCUT2D eigenvalue weighted by Gasteiger charge is 2.37. The Morgan fingerprint density at radius 1 is 0.967 bits per heavy atom. The van der Waals surface area contributed by atoms with Crippen LogP contribution in [-0.4, -0.2) is 30.4 Å². The maximum absolute atomic E-state index is 11.0. The van der Waals surface area contributed by atoms with Crippen molar-refractivity contribution in [2.75, 3.05) is 0 Å². The predicted molar refractivity (Wildman–Crippen MR) is 116 cm³/mol. The fraction of sp³-hybridized carbons (Fsp3) is 0.720. The number of ether oxygens (including phenoxy) is 1. The summed E-state index contributed by atoms with van der Waals surface area (Å²) < 4.78 is 6.19. The zero-order valence-corrected chi connectivity index (χ0v) is 18.5. The first kappa shape index (κ1) is 24.8. The highest BCUT2D eigenvalue weighted by Crippen LogP contribution is 2.32. The van der Waals surface area contributed by atoms with Crippen molar-refractivity contribution in [3.63, 3.8) is 0 Å². The van der Waals surface area contributed by atoms with Gasteiger partial charge in [-0.3, -0.25) is 0 Å². The molecule has 30 heavy (non-hydrogen) atoms. The van der Waals surface area contributed by atoms with E-state index in [1.807, 2.05) is 6.08 Å². The molecule has 0 spiro atoms. The van der Waals surface area contributed by atoms with Crippen LogP contribution in [0.1, 0.15) is 84.0 Å². The van der Waals surface area contributed by atoms with E-state index in [9.17, 15) is 9.90 Å². The van der Waals surface area contributed by atoms with Gasteiger partial charge in [-0.05, 0) is 57.8 Å². The van der Waals surface area contributed by atoms with Crippen LogP contribution >= 0.6 is 0 Å². The molecule has 2 heterocycles. The SMILES string of the molecule is C=CCCC=CC=CCCCCCCC1CCC(C2CCC(C(C)C(=O)[O-])OO2)O1. The number of aliphatic carboxylic acids is 1. The maximum atomic E-state index is 11.0. The van der Waals surface area contributed by atoms with E-state index in [1.165, 1.54) is 25.7 Å². The topological polar surface area (TPSA) is 67.8 Å². The lowest BCUT2D eigenvalue weighted by molar-refractivity contribution is -0.397. The van der Waals surface area contributed by atoms with Crippen LogP contribution in [0.3, 0.4) is 0 Å². The number of hydrogen-bond acceptors (Lipinski definition) is 5. The normalized spacial score (nSPS) is 28.3. The average molecular weight is 420 g/mol. The molecule has 0 amide bonds. The van der Waals surface area contributed by atoms with Gasteiger partial charge in [0.2, 0.25) is 0 Å². The van der Waals surface area contributed by atoms with Crippen LogP contribution in [0.15, 0.2) is 37.0 Å². The molecule has 2 rings (SSSR count). The molecule has 5 atom stereocenters. The molecule has 0 aromatic heterocycles. The smallest absolute Gasteiger partial charge is 0.119 e. The van der Waals surface area contributed by atoms with Crippen LogP contribution in [0, 0.1) is 5.92 Å². The third-order valence-corrected chi connectivity index (χ3v) is 6.09. The molecule has 0 radical (unpaired) electrons.